The van der Waals surface area contributed by atoms with Crippen LogP contribution in [0.5, 0.6) is 5.88 Å². The van der Waals surface area contributed by atoms with Crippen molar-refractivity contribution in [3.05, 3.63) is 71.2 Å². The Hall–Kier alpha value is -3.84. The van der Waals surface area contributed by atoms with Crippen molar-refractivity contribution >= 4 is 38.8 Å². The summed E-state index contributed by atoms with van der Waals surface area (Å²) in [4.78, 5) is 18.0. The van der Waals surface area contributed by atoms with Crippen LogP contribution in [-0.4, -0.2) is 41.0 Å². The highest BCUT2D eigenvalue weighted by molar-refractivity contribution is 7.92. The van der Waals surface area contributed by atoms with Crippen LogP contribution in [0.3, 0.4) is 0 Å². The van der Waals surface area contributed by atoms with Gasteiger partial charge in [0.15, 0.2) is 16.4 Å². The summed E-state index contributed by atoms with van der Waals surface area (Å²) in [5.74, 6) is -5.58. The van der Waals surface area contributed by atoms with E-state index in [2.05, 4.69) is 9.97 Å². The molecule has 0 aliphatic rings. The van der Waals surface area contributed by atoms with Crippen LogP contribution in [-0.2, 0) is 10.0 Å². The summed E-state index contributed by atoms with van der Waals surface area (Å²) in [5.41, 5.74) is -2.79. The summed E-state index contributed by atoms with van der Waals surface area (Å²) in [6, 6.07) is 4.65. The van der Waals surface area contributed by atoms with Crippen molar-refractivity contribution in [1.82, 2.24) is 14.4 Å². The standard InChI is InChI=1S/C20H12ClF3N4O5S/c1-33-19-14(6-9(21)7-25-19)34(31,32)27-12-4-3-11(22)15(16(12)23)10-2-5-13-17(20(29)30)26-8-28(13)18(10)24/h2-8,27H,1H3,(H,29,30). The normalized spacial score (nSPS) is 11.6. The zero-order valence-electron chi connectivity index (χ0n) is 16.9. The highest BCUT2D eigenvalue weighted by atomic mass is 35.5. The number of carbonyl (C=O) groups is 1. The first-order valence-electron chi connectivity index (χ1n) is 9.14. The molecule has 0 bridgehead atoms. The molecule has 0 aliphatic heterocycles. The molecule has 4 aromatic rings. The number of hydrogen-bond donors (Lipinski definition) is 2. The van der Waals surface area contributed by atoms with Crippen LogP contribution in [0.1, 0.15) is 10.5 Å². The first kappa shape index (κ1) is 23.3. The number of sulfonamides is 1. The van der Waals surface area contributed by atoms with Crippen molar-refractivity contribution in [1.29, 1.82) is 0 Å². The highest BCUT2D eigenvalue weighted by Gasteiger charge is 2.26. The van der Waals surface area contributed by atoms with E-state index in [0.29, 0.717) is 4.40 Å². The van der Waals surface area contributed by atoms with Gasteiger partial charge in [-0.25, -0.2) is 32.0 Å². The third-order valence-corrected chi connectivity index (χ3v) is 6.29. The fraction of sp³-hybridized carbons (Fsp3) is 0.0500. The molecule has 0 atom stereocenters. The van der Waals surface area contributed by atoms with E-state index in [4.69, 9.17) is 21.4 Å². The second-order valence-electron chi connectivity index (χ2n) is 6.74. The van der Waals surface area contributed by atoms with Crippen molar-refractivity contribution in [2.45, 2.75) is 4.90 Å². The average molecular weight is 513 g/mol. The molecule has 4 rings (SSSR count). The number of benzene rings is 1. The van der Waals surface area contributed by atoms with Crippen LogP contribution in [0.25, 0.3) is 16.6 Å². The maximum atomic E-state index is 15.3. The van der Waals surface area contributed by atoms with Gasteiger partial charge >= 0.3 is 5.97 Å². The third kappa shape index (κ3) is 3.88. The van der Waals surface area contributed by atoms with Gasteiger partial charge in [-0.2, -0.15) is 4.39 Å². The van der Waals surface area contributed by atoms with Gasteiger partial charge in [-0.1, -0.05) is 11.6 Å². The summed E-state index contributed by atoms with van der Waals surface area (Å²) in [7, 11) is -3.36. The van der Waals surface area contributed by atoms with E-state index in [0.717, 1.165) is 50.0 Å². The van der Waals surface area contributed by atoms with Gasteiger partial charge in [-0.05, 0) is 30.3 Å². The van der Waals surface area contributed by atoms with Crippen LogP contribution < -0.4 is 9.46 Å². The molecule has 1 aromatic carbocycles. The van der Waals surface area contributed by atoms with Gasteiger partial charge in [0, 0.05) is 11.8 Å². The fourth-order valence-corrected chi connectivity index (χ4v) is 4.65. The predicted octanol–water partition coefficient (Wildman–Crippen LogP) is 3.97. The number of aromatic nitrogens is 3. The molecule has 176 valence electrons. The molecule has 0 fully saturated rings. The van der Waals surface area contributed by atoms with Crippen LogP contribution in [0, 0.1) is 17.6 Å². The number of aromatic carboxylic acids is 1. The SMILES string of the molecule is COc1ncc(Cl)cc1S(=O)(=O)Nc1ccc(F)c(-c2ccc3c(C(=O)O)ncn3c2F)c1F. The topological polar surface area (TPSA) is 123 Å². The zero-order chi connectivity index (χ0) is 24.8. The van der Waals surface area contributed by atoms with Crippen LogP contribution in [0.15, 0.2) is 47.8 Å². The molecule has 0 spiro atoms. The maximum absolute atomic E-state index is 15.3. The Kier molecular flexibility index (Phi) is 5.83. The van der Waals surface area contributed by atoms with Crippen LogP contribution in [0.2, 0.25) is 5.02 Å². The van der Waals surface area contributed by atoms with Gasteiger partial charge < -0.3 is 9.84 Å². The first-order chi connectivity index (χ1) is 16.0. The Labute approximate surface area is 194 Å². The molecule has 0 unspecified atom stereocenters. The molecule has 2 N–H and O–H groups in total. The number of halogens is 4. The Bertz CT molecular complexity index is 1580. The Morgan fingerprint density at radius 3 is 2.59 bits per heavy atom. The lowest BCUT2D eigenvalue weighted by atomic mass is 10.0. The Morgan fingerprint density at radius 2 is 1.91 bits per heavy atom. The minimum Gasteiger partial charge on any atom is -0.480 e. The van der Waals surface area contributed by atoms with Crippen molar-refractivity contribution in [2.24, 2.45) is 0 Å². The van der Waals surface area contributed by atoms with Crippen LogP contribution in [0.4, 0.5) is 18.9 Å². The summed E-state index contributed by atoms with van der Waals surface area (Å²) in [6.07, 6.45) is 1.99. The minimum atomic E-state index is -4.52. The smallest absolute Gasteiger partial charge is 0.356 e. The number of nitrogens with zero attached hydrogens (tertiary/aromatic N) is 3. The number of imidazole rings is 1. The molecule has 9 nitrogen and oxygen atoms in total. The number of carboxylic acid groups (broad SMARTS) is 1. The molecular formula is C20H12ClF3N4O5S. The molecule has 0 aliphatic carbocycles. The van der Waals surface area contributed by atoms with E-state index in [1.54, 1.807) is 0 Å². The molecule has 0 saturated carbocycles. The quantitative estimate of drug-likeness (QED) is 0.375. The van der Waals surface area contributed by atoms with Gasteiger partial charge in [0.25, 0.3) is 10.0 Å². The fourth-order valence-electron chi connectivity index (χ4n) is 3.22. The third-order valence-electron chi connectivity index (χ3n) is 4.72. The van der Waals surface area contributed by atoms with E-state index >= 15 is 8.78 Å². The molecule has 0 saturated heterocycles. The average Bonchev–Trinajstić information content (AvgIpc) is 3.22. The summed E-state index contributed by atoms with van der Waals surface area (Å²) >= 11 is 5.81. The van der Waals surface area contributed by atoms with E-state index in [9.17, 15) is 17.6 Å². The van der Waals surface area contributed by atoms with Crippen molar-refractivity contribution in [3.8, 4) is 17.0 Å². The second kappa shape index (κ2) is 8.50. The van der Waals surface area contributed by atoms with Gasteiger partial charge in [-0.15, -0.1) is 0 Å². The molecular weight excluding hydrogens is 501 g/mol. The van der Waals surface area contributed by atoms with E-state index in [1.165, 1.54) is 0 Å². The van der Waals surface area contributed by atoms with E-state index < -0.39 is 61.0 Å². The lowest BCUT2D eigenvalue weighted by Gasteiger charge is -2.14. The number of rotatable bonds is 6. The lowest BCUT2D eigenvalue weighted by Crippen LogP contribution is -2.16. The molecule has 3 heterocycles. The predicted molar refractivity (Wildman–Crippen MR) is 114 cm³/mol. The number of ether oxygens (including phenoxy) is 1. The summed E-state index contributed by atoms with van der Waals surface area (Å²) in [6.45, 7) is 0. The van der Waals surface area contributed by atoms with Gasteiger partial charge in [0.05, 0.1) is 28.9 Å². The number of nitrogens with one attached hydrogen (secondary N) is 1. The number of carboxylic acids is 1. The maximum Gasteiger partial charge on any atom is 0.356 e. The second-order valence-corrected chi connectivity index (χ2v) is 8.83. The minimum absolute atomic E-state index is 0.0436. The molecule has 0 amide bonds. The van der Waals surface area contributed by atoms with E-state index in [1.807, 2.05) is 4.72 Å². The summed E-state index contributed by atoms with van der Waals surface area (Å²) < 4.78 is 78.2. The lowest BCUT2D eigenvalue weighted by molar-refractivity contribution is 0.0693. The first-order valence-corrected chi connectivity index (χ1v) is 11.0. The van der Waals surface area contributed by atoms with Crippen molar-refractivity contribution < 1.29 is 36.2 Å². The highest BCUT2D eigenvalue weighted by Crippen LogP contribution is 2.35. The largest absolute Gasteiger partial charge is 0.480 e. The van der Waals surface area contributed by atoms with Gasteiger partial charge in [0.1, 0.15) is 12.1 Å². The van der Waals surface area contributed by atoms with Gasteiger partial charge in [-0.3, -0.25) is 9.12 Å². The van der Waals surface area contributed by atoms with Crippen LogP contribution >= 0.6 is 11.6 Å². The zero-order valence-corrected chi connectivity index (χ0v) is 18.5. The molecule has 0 radical (unpaired) electrons. The molecule has 3 aromatic heterocycles. The van der Waals surface area contributed by atoms with E-state index in [-0.39, 0.29) is 16.4 Å². The number of pyridine rings is 2. The number of anilines is 1. The van der Waals surface area contributed by atoms with Crippen molar-refractivity contribution in [3.63, 3.8) is 0 Å². The number of fused-ring (bicyclic) bond motifs is 1. The molecule has 14 heteroatoms. The number of methoxy groups -OCH3 is 1. The van der Waals surface area contributed by atoms with Crippen molar-refractivity contribution in [2.75, 3.05) is 11.8 Å². The summed E-state index contributed by atoms with van der Waals surface area (Å²) in [5, 5.41) is 9.08. The number of hydrogen-bond acceptors (Lipinski definition) is 6. The molecule has 34 heavy (non-hydrogen) atoms. The Morgan fingerprint density at radius 1 is 1.18 bits per heavy atom. The van der Waals surface area contributed by atoms with Gasteiger partial charge in [0.2, 0.25) is 11.8 Å². The monoisotopic (exact) mass is 512 g/mol. The Balaban J connectivity index is 1.83.